The van der Waals surface area contributed by atoms with E-state index in [4.69, 9.17) is 14.9 Å². The van der Waals surface area contributed by atoms with Gasteiger partial charge in [-0.05, 0) is 18.2 Å². The maximum absolute atomic E-state index is 9.39. The Kier molecular flexibility index (Phi) is 2.21. The lowest BCUT2D eigenvalue weighted by Gasteiger charge is -2.04. The number of nitrogens with zero attached hydrogens (tertiary/aromatic N) is 1. The van der Waals surface area contributed by atoms with Crippen molar-refractivity contribution in [2.24, 2.45) is 0 Å². The highest BCUT2D eigenvalue weighted by Crippen LogP contribution is 2.31. The third-order valence-corrected chi connectivity index (χ3v) is 1.99. The van der Waals surface area contributed by atoms with Gasteiger partial charge in [0.2, 0.25) is 0 Å². The normalized spacial score (nSPS) is 10.2. The number of hydrogen-bond donors (Lipinski definition) is 2. The third kappa shape index (κ3) is 1.71. The lowest BCUT2D eigenvalue weighted by molar-refractivity contribution is 0.373. The van der Waals surface area contributed by atoms with Crippen molar-refractivity contribution in [3.8, 4) is 22.8 Å². The number of benzene rings is 1. The van der Waals surface area contributed by atoms with Gasteiger partial charge in [0.25, 0.3) is 6.01 Å². The van der Waals surface area contributed by atoms with Crippen molar-refractivity contribution in [2.75, 3.05) is 12.8 Å². The van der Waals surface area contributed by atoms with Crippen molar-refractivity contribution < 1.29 is 14.3 Å². The first-order chi connectivity index (χ1) is 7.20. The summed E-state index contributed by atoms with van der Waals surface area (Å²) in [5, 5.41) is 9.39. The number of ether oxygens (including phenoxy) is 1. The summed E-state index contributed by atoms with van der Waals surface area (Å²) in [6, 6.07) is 4.97. The number of phenols is 1. The van der Waals surface area contributed by atoms with Crippen molar-refractivity contribution >= 4 is 6.01 Å². The Hall–Kier alpha value is -2.17. The van der Waals surface area contributed by atoms with E-state index in [-0.39, 0.29) is 11.8 Å². The minimum absolute atomic E-state index is 0.0775. The smallest absolute Gasteiger partial charge is 0.292 e. The summed E-state index contributed by atoms with van der Waals surface area (Å²) in [5.74, 6) is 0.988. The van der Waals surface area contributed by atoms with Gasteiger partial charge in [0.1, 0.15) is 0 Å². The van der Waals surface area contributed by atoms with E-state index in [0.717, 1.165) is 5.56 Å². The van der Waals surface area contributed by atoms with Crippen LogP contribution in [-0.2, 0) is 0 Å². The van der Waals surface area contributed by atoms with E-state index in [1.165, 1.54) is 19.4 Å². The van der Waals surface area contributed by atoms with Crippen molar-refractivity contribution in [3.63, 3.8) is 0 Å². The fourth-order valence-corrected chi connectivity index (χ4v) is 1.25. The molecule has 5 heteroatoms. The Morgan fingerprint density at radius 3 is 2.87 bits per heavy atom. The molecule has 0 bridgehead atoms. The topological polar surface area (TPSA) is 81.5 Å². The van der Waals surface area contributed by atoms with E-state index < -0.39 is 0 Å². The van der Waals surface area contributed by atoms with E-state index in [1.807, 2.05) is 0 Å². The van der Waals surface area contributed by atoms with E-state index in [2.05, 4.69) is 4.98 Å². The molecule has 0 aliphatic carbocycles. The summed E-state index contributed by atoms with van der Waals surface area (Å²) in [4.78, 5) is 3.78. The minimum atomic E-state index is 0.0775. The molecule has 0 saturated carbocycles. The second-order valence-corrected chi connectivity index (χ2v) is 2.95. The molecule has 0 fully saturated rings. The molecule has 1 aromatic heterocycles. The summed E-state index contributed by atoms with van der Waals surface area (Å²) in [7, 11) is 1.48. The molecule has 1 aromatic carbocycles. The van der Waals surface area contributed by atoms with Crippen LogP contribution >= 0.6 is 0 Å². The Labute approximate surface area is 86.1 Å². The van der Waals surface area contributed by atoms with Crippen LogP contribution in [0.25, 0.3) is 11.3 Å². The molecular formula is C10H10N2O3. The number of phenolic OH excluding ortho intramolecular Hbond substituents is 1. The van der Waals surface area contributed by atoms with E-state index in [9.17, 15) is 5.11 Å². The lowest BCUT2D eigenvalue weighted by Crippen LogP contribution is -1.84. The van der Waals surface area contributed by atoms with Crippen LogP contribution in [0.2, 0.25) is 0 Å². The number of aromatic nitrogens is 1. The molecule has 0 amide bonds. The van der Waals surface area contributed by atoms with Gasteiger partial charge in [-0.2, -0.15) is 0 Å². The molecule has 5 nitrogen and oxygen atoms in total. The van der Waals surface area contributed by atoms with Crippen molar-refractivity contribution in [2.45, 2.75) is 0 Å². The number of aromatic hydroxyl groups is 1. The third-order valence-electron chi connectivity index (χ3n) is 1.99. The standard InChI is InChI=1S/C10H10N2O3/c1-14-8-4-6(2-3-7(8)13)9-5-12-10(11)15-9/h2-5,13H,1H3,(H2,11,12). The molecule has 0 aliphatic rings. The second kappa shape index (κ2) is 3.53. The molecule has 0 spiro atoms. The monoisotopic (exact) mass is 206 g/mol. The summed E-state index contributed by atoms with van der Waals surface area (Å²) < 4.78 is 10.1. The molecule has 2 aromatic rings. The van der Waals surface area contributed by atoms with Gasteiger partial charge < -0.3 is 20.0 Å². The SMILES string of the molecule is COc1cc(-c2cnc(N)o2)ccc1O. The van der Waals surface area contributed by atoms with Crippen LogP contribution in [0.15, 0.2) is 28.8 Å². The maximum atomic E-state index is 9.39. The first-order valence-corrected chi connectivity index (χ1v) is 4.29. The molecule has 0 aliphatic heterocycles. The highest BCUT2D eigenvalue weighted by atomic mass is 16.5. The number of anilines is 1. The summed E-state index contributed by atoms with van der Waals surface area (Å²) in [6.07, 6.45) is 1.52. The van der Waals surface area contributed by atoms with Gasteiger partial charge in [0, 0.05) is 5.56 Å². The van der Waals surface area contributed by atoms with Gasteiger partial charge in [0.05, 0.1) is 13.3 Å². The second-order valence-electron chi connectivity index (χ2n) is 2.95. The Morgan fingerprint density at radius 1 is 1.47 bits per heavy atom. The number of nitrogens with two attached hydrogens (primary N) is 1. The molecule has 3 N–H and O–H groups in total. The summed E-state index contributed by atoms with van der Waals surface area (Å²) >= 11 is 0. The van der Waals surface area contributed by atoms with Crippen LogP contribution in [0.1, 0.15) is 0 Å². The fraction of sp³-hybridized carbons (Fsp3) is 0.100. The predicted molar refractivity (Wildman–Crippen MR) is 54.6 cm³/mol. The highest BCUT2D eigenvalue weighted by molar-refractivity contribution is 5.62. The number of rotatable bonds is 2. The Morgan fingerprint density at radius 2 is 2.27 bits per heavy atom. The first-order valence-electron chi connectivity index (χ1n) is 4.29. The van der Waals surface area contributed by atoms with Crippen LogP contribution in [0, 0.1) is 0 Å². The quantitative estimate of drug-likeness (QED) is 0.780. The predicted octanol–water partition coefficient (Wildman–Crippen LogP) is 1.64. The van der Waals surface area contributed by atoms with Gasteiger partial charge >= 0.3 is 0 Å². The van der Waals surface area contributed by atoms with Gasteiger partial charge in [0.15, 0.2) is 17.3 Å². The van der Waals surface area contributed by atoms with Crippen molar-refractivity contribution in [1.29, 1.82) is 0 Å². The molecule has 78 valence electrons. The number of nitrogen functional groups attached to an aromatic ring is 1. The van der Waals surface area contributed by atoms with Gasteiger partial charge in [-0.3, -0.25) is 0 Å². The maximum Gasteiger partial charge on any atom is 0.292 e. The zero-order chi connectivity index (χ0) is 10.8. The van der Waals surface area contributed by atoms with E-state index in [0.29, 0.717) is 11.5 Å². The molecule has 0 saturated heterocycles. The average Bonchev–Trinajstić information content (AvgIpc) is 2.66. The van der Waals surface area contributed by atoms with Crippen LogP contribution < -0.4 is 10.5 Å². The first kappa shape index (κ1) is 9.39. The Bertz CT molecular complexity index is 479. The van der Waals surface area contributed by atoms with E-state index in [1.54, 1.807) is 12.1 Å². The highest BCUT2D eigenvalue weighted by Gasteiger charge is 2.08. The molecule has 0 radical (unpaired) electrons. The molecule has 2 rings (SSSR count). The van der Waals surface area contributed by atoms with Gasteiger partial charge in [-0.25, -0.2) is 4.98 Å². The number of hydrogen-bond acceptors (Lipinski definition) is 5. The number of methoxy groups -OCH3 is 1. The molecule has 1 heterocycles. The van der Waals surface area contributed by atoms with Crippen molar-refractivity contribution in [3.05, 3.63) is 24.4 Å². The largest absolute Gasteiger partial charge is 0.504 e. The van der Waals surface area contributed by atoms with Gasteiger partial charge in [-0.15, -0.1) is 0 Å². The molecule has 0 atom stereocenters. The van der Waals surface area contributed by atoms with Gasteiger partial charge in [-0.1, -0.05) is 0 Å². The van der Waals surface area contributed by atoms with Crippen LogP contribution in [-0.4, -0.2) is 17.2 Å². The van der Waals surface area contributed by atoms with E-state index >= 15 is 0 Å². The molecular weight excluding hydrogens is 196 g/mol. The van der Waals surface area contributed by atoms with Crippen molar-refractivity contribution in [1.82, 2.24) is 4.98 Å². The number of oxazole rings is 1. The fourth-order valence-electron chi connectivity index (χ4n) is 1.25. The lowest BCUT2D eigenvalue weighted by atomic mass is 10.1. The zero-order valence-electron chi connectivity index (χ0n) is 8.10. The zero-order valence-corrected chi connectivity index (χ0v) is 8.10. The molecule has 0 unspecified atom stereocenters. The van der Waals surface area contributed by atoms with Crippen LogP contribution in [0.5, 0.6) is 11.5 Å². The van der Waals surface area contributed by atoms with Crippen LogP contribution in [0.4, 0.5) is 6.01 Å². The Balaban J connectivity index is 2.45. The minimum Gasteiger partial charge on any atom is -0.504 e. The average molecular weight is 206 g/mol. The molecule has 15 heavy (non-hydrogen) atoms. The van der Waals surface area contributed by atoms with Crippen LogP contribution in [0.3, 0.4) is 0 Å². The summed E-state index contributed by atoms with van der Waals surface area (Å²) in [6.45, 7) is 0. The summed E-state index contributed by atoms with van der Waals surface area (Å²) in [5.41, 5.74) is 6.10.